The van der Waals surface area contributed by atoms with Gasteiger partial charge in [0.1, 0.15) is 11.8 Å². The largest absolute Gasteiger partial charge is 0.508 e. The molecule has 0 aliphatic carbocycles. The molecule has 0 unspecified atom stereocenters. The molecule has 7 nitrogen and oxygen atoms in total. The van der Waals surface area contributed by atoms with Crippen LogP contribution in [-0.2, 0) is 4.79 Å². The molecule has 1 aliphatic rings. The van der Waals surface area contributed by atoms with Crippen molar-refractivity contribution in [1.82, 2.24) is 4.90 Å². The van der Waals surface area contributed by atoms with Gasteiger partial charge < -0.3 is 21.1 Å². The van der Waals surface area contributed by atoms with Gasteiger partial charge in [-0.3, -0.25) is 14.4 Å². The number of aromatic hydroxyl groups is 1. The van der Waals surface area contributed by atoms with E-state index in [0.717, 1.165) is 6.42 Å². The van der Waals surface area contributed by atoms with Crippen molar-refractivity contribution in [2.75, 3.05) is 11.9 Å². The Bertz CT molecular complexity index is 831. The number of primary amides is 1. The molecule has 4 N–H and O–H groups in total. The van der Waals surface area contributed by atoms with Gasteiger partial charge in [-0.25, -0.2) is 0 Å². The fourth-order valence-electron chi connectivity index (χ4n) is 2.98. The monoisotopic (exact) mass is 353 g/mol. The Labute approximate surface area is 150 Å². The number of nitrogens with one attached hydrogen (secondary N) is 1. The second kappa shape index (κ2) is 7.26. The number of carbonyl (C=O) groups excluding carboxylic acids is 3. The Hall–Kier alpha value is -3.35. The van der Waals surface area contributed by atoms with Crippen molar-refractivity contribution in [2.24, 2.45) is 5.73 Å². The first-order valence-electron chi connectivity index (χ1n) is 8.26. The lowest BCUT2D eigenvalue weighted by atomic mass is 10.1. The molecule has 2 aromatic carbocycles. The van der Waals surface area contributed by atoms with Gasteiger partial charge in [0.25, 0.3) is 11.8 Å². The van der Waals surface area contributed by atoms with Gasteiger partial charge in [-0.05, 0) is 61.4 Å². The van der Waals surface area contributed by atoms with Crippen LogP contribution in [0.15, 0.2) is 48.5 Å². The van der Waals surface area contributed by atoms with E-state index >= 15 is 0 Å². The van der Waals surface area contributed by atoms with Crippen LogP contribution in [0, 0.1) is 0 Å². The van der Waals surface area contributed by atoms with Crippen LogP contribution in [0.4, 0.5) is 5.69 Å². The van der Waals surface area contributed by atoms with Gasteiger partial charge in [0.15, 0.2) is 0 Å². The van der Waals surface area contributed by atoms with Gasteiger partial charge in [-0.1, -0.05) is 0 Å². The SMILES string of the molecule is NC(=O)[C@@H]1CCCN1C(=O)c1ccc(NC(=O)c2ccc(O)cc2)cc1. The lowest BCUT2D eigenvalue weighted by Gasteiger charge is -2.22. The number of nitrogens with two attached hydrogens (primary N) is 1. The quantitative estimate of drug-likeness (QED) is 0.777. The lowest BCUT2D eigenvalue weighted by Crippen LogP contribution is -2.43. The smallest absolute Gasteiger partial charge is 0.255 e. The number of hydrogen-bond donors (Lipinski definition) is 3. The Balaban J connectivity index is 1.68. The van der Waals surface area contributed by atoms with Crippen molar-refractivity contribution < 1.29 is 19.5 Å². The van der Waals surface area contributed by atoms with E-state index in [4.69, 9.17) is 5.73 Å². The van der Waals surface area contributed by atoms with Crippen molar-refractivity contribution in [3.8, 4) is 5.75 Å². The molecule has 0 spiro atoms. The molecule has 134 valence electrons. The second-order valence-corrected chi connectivity index (χ2v) is 6.14. The zero-order valence-electron chi connectivity index (χ0n) is 14.0. The maximum atomic E-state index is 12.6. The maximum Gasteiger partial charge on any atom is 0.255 e. The normalized spacial score (nSPS) is 16.3. The molecule has 3 amide bonds. The molecule has 3 rings (SSSR count). The molecule has 0 aromatic heterocycles. The number of phenolic OH excluding ortho intramolecular Hbond substituents is 1. The molecule has 0 saturated carbocycles. The second-order valence-electron chi connectivity index (χ2n) is 6.14. The lowest BCUT2D eigenvalue weighted by molar-refractivity contribution is -0.121. The summed E-state index contributed by atoms with van der Waals surface area (Å²) in [6.07, 6.45) is 1.34. The first-order valence-corrected chi connectivity index (χ1v) is 8.26. The van der Waals surface area contributed by atoms with Crippen molar-refractivity contribution in [3.63, 3.8) is 0 Å². The van der Waals surface area contributed by atoms with E-state index in [2.05, 4.69) is 5.32 Å². The van der Waals surface area contributed by atoms with Crippen molar-refractivity contribution in [1.29, 1.82) is 0 Å². The molecule has 1 saturated heterocycles. The third-order valence-electron chi connectivity index (χ3n) is 4.36. The standard InChI is InChI=1S/C19H19N3O4/c20-17(24)16-2-1-11-22(16)19(26)13-3-7-14(8-4-13)21-18(25)12-5-9-15(23)10-6-12/h3-10,16,23H,1-2,11H2,(H2,20,24)(H,21,25)/t16-/m0/s1. The molecule has 0 bridgehead atoms. The van der Waals surface area contributed by atoms with Gasteiger partial charge in [-0.15, -0.1) is 0 Å². The zero-order valence-corrected chi connectivity index (χ0v) is 14.0. The van der Waals surface area contributed by atoms with Crippen LogP contribution in [0.5, 0.6) is 5.75 Å². The predicted molar refractivity (Wildman–Crippen MR) is 95.8 cm³/mol. The van der Waals surface area contributed by atoms with Gasteiger partial charge in [0, 0.05) is 23.4 Å². The predicted octanol–water partition coefficient (Wildman–Crippen LogP) is 1.73. The number of phenols is 1. The van der Waals surface area contributed by atoms with Crippen LogP contribution in [0.1, 0.15) is 33.6 Å². The molecule has 7 heteroatoms. The van der Waals surface area contributed by atoms with Crippen LogP contribution in [0.3, 0.4) is 0 Å². The van der Waals surface area contributed by atoms with E-state index in [9.17, 15) is 19.5 Å². The number of benzene rings is 2. The van der Waals surface area contributed by atoms with Crippen molar-refractivity contribution >= 4 is 23.4 Å². The van der Waals surface area contributed by atoms with Crippen molar-refractivity contribution in [2.45, 2.75) is 18.9 Å². The summed E-state index contributed by atoms with van der Waals surface area (Å²) in [4.78, 5) is 37.6. The summed E-state index contributed by atoms with van der Waals surface area (Å²) in [5, 5.41) is 12.0. The molecule has 1 heterocycles. The van der Waals surface area contributed by atoms with Gasteiger partial charge >= 0.3 is 0 Å². The van der Waals surface area contributed by atoms with Crippen LogP contribution in [-0.4, -0.2) is 40.3 Å². The Morgan fingerprint density at radius 1 is 1.00 bits per heavy atom. The van der Waals surface area contributed by atoms with E-state index in [0.29, 0.717) is 29.8 Å². The minimum atomic E-state index is -0.559. The number of rotatable bonds is 4. The number of nitrogens with zero attached hydrogens (tertiary/aromatic N) is 1. The fourth-order valence-corrected chi connectivity index (χ4v) is 2.98. The van der Waals surface area contributed by atoms with Crippen molar-refractivity contribution in [3.05, 3.63) is 59.7 Å². The molecule has 1 atom stereocenters. The van der Waals surface area contributed by atoms with Crippen LogP contribution in [0.25, 0.3) is 0 Å². The number of anilines is 1. The average Bonchev–Trinajstić information content (AvgIpc) is 3.12. The molecule has 1 fully saturated rings. The summed E-state index contributed by atoms with van der Waals surface area (Å²) in [7, 11) is 0. The first-order chi connectivity index (χ1) is 12.5. The fraction of sp³-hybridized carbons (Fsp3) is 0.211. The number of likely N-dealkylation sites (tertiary alicyclic amines) is 1. The van der Waals surface area contributed by atoms with Crippen LogP contribution < -0.4 is 11.1 Å². The van der Waals surface area contributed by atoms with E-state index in [1.54, 1.807) is 24.3 Å². The minimum absolute atomic E-state index is 0.0839. The Morgan fingerprint density at radius 2 is 1.62 bits per heavy atom. The summed E-state index contributed by atoms with van der Waals surface area (Å²) >= 11 is 0. The summed E-state index contributed by atoms with van der Waals surface area (Å²) in [5.41, 5.74) is 6.72. The van der Waals surface area contributed by atoms with Gasteiger partial charge in [0.2, 0.25) is 5.91 Å². The summed E-state index contributed by atoms with van der Waals surface area (Å²) in [5.74, 6) is -0.977. The molecular weight excluding hydrogens is 334 g/mol. The highest BCUT2D eigenvalue weighted by atomic mass is 16.3. The minimum Gasteiger partial charge on any atom is -0.508 e. The summed E-state index contributed by atoms with van der Waals surface area (Å²) < 4.78 is 0. The number of hydrogen-bond acceptors (Lipinski definition) is 4. The molecular formula is C19H19N3O4. The highest BCUT2D eigenvalue weighted by Crippen LogP contribution is 2.21. The third kappa shape index (κ3) is 3.66. The van der Waals surface area contributed by atoms with Crippen LogP contribution >= 0.6 is 0 Å². The summed E-state index contributed by atoms with van der Waals surface area (Å²) in [6.45, 7) is 0.506. The topological polar surface area (TPSA) is 113 Å². The van der Waals surface area contributed by atoms with E-state index in [1.807, 2.05) is 0 Å². The first kappa shape index (κ1) is 17.5. The van der Waals surface area contributed by atoms with E-state index < -0.39 is 11.9 Å². The van der Waals surface area contributed by atoms with E-state index in [1.165, 1.54) is 29.2 Å². The number of carbonyl (C=O) groups is 3. The van der Waals surface area contributed by atoms with E-state index in [-0.39, 0.29) is 17.6 Å². The third-order valence-corrected chi connectivity index (χ3v) is 4.36. The maximum absolute atomic E-state index is 12.6. The molecule has 26 heavy (non-hydrogen) atoms. The molecule has 2 aromatic rings. The van der Waals surface area contributed by atoms with Gasteiger partial charge in [0.05, 0.1) is 0 Å². The van der Waals surface area contributed by atoms with Crippen LogP contribution in [0.2, 0.25) is 0 Å². The highest BCUT2D eigenvalue weighted by molar-refractivity contribution is 6.04. The average molecular weight is 353 g/mol. The Morgan fingerprint density at radius 3 is 2.23 bits per heavy atom. The highest BCUT2D eigenvalue weighted by Gasteiger charge is 2.33. The Kier molecular flexibility index (Phi) is 4.88. The molecule has 0 radical (unpaired) electrons. The van der Waals surface area contributed by atoms with Gasteiger partial charge in [-0.2, -0.15) is 0 Å². The zero-order chi connectivity index (χ0) is 18.7. The summed E-state index contributed by atoms with van der Waals surface area (Å²) in [6, 6.07) is 11.8. The number of amides is 3. The molecule has 1 aliphatic heterocycles.